The number of aryl methyl sites for hydroxylation is 1. The summed E-state index contributed by atoms with van der Waals surface area (Å²) in [5.74, 6) is -2.75. The number of aromatic hydroxyl groups is 1. The zero-order valence-corrected chi connectivity index (χ0v) is 12.3. The summed E-state index contributed by atoms with van der Waals surface area (Å²) in [6.45, 7) is -0.655. The lowest BCUT2D eigenvalue weighted by atomic mass is 10.1. The van der Waals surface area contributed by atoms with Crippen LogP contribution in [0.1, 0.15) is 10.4 Å². The second-order valence-electron chi connectivity index (χ2n) is 4.17. The van der Waals surface area contributed by atoms with Gasteiger partial charge >= 0.3 is 5.97 Å². The van der Waals surface area contributed by atoms with E-state index >= 15 is 0 Å². The summed E-state index contributed by atoms with van der Waals surface area (Å²) in [6.07, 6.45) is 0. The monoisotopic (exact) mass is 355 g/mol. The van der Waals surface area contributed by atoms with Crippen LogP contribution in [-0.4, -0.2) is 38.2 Å². The molecule has 0 saturated heterocycles. The third-order valence-electron chi connectivity index (χ3n) is 2.80. The van der Waals surface area contributed by atoms with Crippen molar-refractivity contribution >= 4 is 38.8 Å². The number of pyridine rings is 2. The van der Waals surface area contributed by atoms with E-state index in [9.17, 15) is 19.5 Å². The van der Waals surface area contributed by atoms with Gasteiger partial charge in [0.05, 0.1) is 5.39 Å². The number of hydrogen-bond donors (Lipinski definition) is 3. The minimum absolute atomic E-state index is 0.196. The van der Waals surface area contributed by atoms with Crippen molar-refractivity contribution < 1.29 is 19.8 Å². The van der Waals surface area contributed by atoms with Crippen molar-refractivity contribution in [3.63, 3.8) is 0 Å². The van der Waals surface area contributed by atoms with Crippen molar-refractivity contribution in [3.05, 3.63) is 32.7 Å². The van der Waals surface area contributed by atoms with Crippen molar-refractivity contribution in [2.75, 3.05) is 6.54 Å². The zero-order chi connectivity index (χ0) is 15.7. The van der Waals surface area contributed by atoms with Gasteiger partial charge in [0.25, 0.3) is 11.5 Å². The normalized spacial score (nSPS) is 10.6. The Labute approximate surface area is 126 Å². The molecule has 0 aliphatic heterocycles. The molecule has 0 radical (unpaired) electrons. The van der Waals surface area contributed by atoms with Gasteiger partial charge in [0, 0.05) is 7.05 Å². The molecular weight excluding hydrogens is 346 g/mol. The highest BCUT2D eigenvalue weighted by molar-refractivity contribution is 9.10. The average Bonchev–Trinajstić information content (AvgIpc) is 2.42. The molecule has 8 nitrogen and oxygen atoms in total. The van der Waals surface area contributed by atoms with Crippen molar-refractivity contribution in [2.45, 2.75) is 0 Å². The van der Waals surface area contributed by atoms with Gasteiger partial charge in [-0.1, -0.05) is 0 Å². The summed E-state index contributed by atoms with van der Waals surface area (Å²) >= 11 is 3.15. The fraction of sp³-hybridized carbons (Fsp3) is 0.167. The Balaban J connectivity index is 2.65. The molecule has 0 unspecified atom stereocenters. The van der Waals surface area contributed by atoms with Crippen LogP contribution >= 0.6 is 15.9 Å². The van der Waals surface area contributed by atoms with Crippen LogP contribution in [0, 0.1) is 0 Å². The Bertz CT molecular complexity index is 815. The standard InChI is InChI=1S/C12H10BrN3O5/c1-16-10-5(2-3-6(13)15-10)9(19)8(12(16)21)11(20)14-4-7(17)18/h2-3,19H,4H2,1H3,(H,14,20)(H,17,18). The first-order chi connectivity index (χ1) is 9.82. The molecule has 0 aromatic carbocycles. The van der Waals surface area contributed by atoms with Gasteiger partial charge in [-0.15, -0.1) is 0 Å². The Kier molecular flexibility index (Phi) is 3.94. The number of aliphatic carboxylic acids is 1. The van der Waals surface area contributed by atoms with E-state index in [0.29, 0.717) is 4.60 Å². The Hall–Kier alpha value is -2.42. The number of rotatable bonds is 3. The summed E-state index contributed by atoms with van der Waals surface area (Å²) in [5, 5.41) is 20.9. The Morgan fingerprint density at radius 1 is 1.43 bits per heavy atom. The molecule has 2 aromatic heterocycles. The van der Waals surface area contributed by atoms with Gasteiger partial charge in [-0.2, -0.15) is 0 Å². The minimum atomic E-state index is -1.26. The van der Waals surface area contributed by atoms with E-state index in [2.05, 4.69) is 20.9 Å². The smallest absolute Gasteiger partial charge is 0.322 e. The van der Waals surface area contributed by atoms with Crippen LogP contribution in [0.4, 0.5) is 0 Å². The molecule has 0 bridgehead atoms. The van der Waals surface area contributed by atoms with Gasteiger partial charge in [-0.05, 0) is 28.1 Å². The SMILES string of the molecule is Cn1c(=O)c(C(=O)NCC(=O)O)c(O)c2ccc(Br)nc21. The van der Waals surface area contributed by atoms with E-state index in [-0.39, 0.29) is 11.0 Å². The maximum Gasteiger partial charge on any atom is 0.322 e. The maximum atomic E-state index is 12.1. The molecular formula is C12H10BrN3O5. The van der Waals surface area contributed by atoms with E-state index in [0.717, 1.165) is 4.57 Å². The average molecular weight is 356 g/mol. The van der Waals surface area contributed by atoms with Gasteiger partial charge < -0.3 is 15.5 Å². The molecule has 0 spiro atoms. The number of halogens is 1. The topological polar surface area (TPSA) is 122 Å². The van der Waals surface area contributed by atoms with Crippen LogP contribution in [-0.2, 0) is 11.8 Å². The molecule has 21 heavy (non-hydrogen) atoms. The second-order valence-corrected chi connectivity index (χ2v) is 4.98. The summed E-state index contributed by atoms with van der Waals surface area (Å²) in [4.78, 5) is 38.5. The van der Waals surface area contributed by atoms with Crippen molar-refractivity contribution in [3.8, 4) is 5.75 Å². The summed E-state index contributed by atoms with van der Waals surface area (Å²) in [7, 11) is 1.40. The molecule has 2 heterocycles. The number of hydrogen-bond acceptors (Lipinski definition) is 5. The molecule has 0 aliphatic carbocycles. The molecule has 110 valence electrons. The Morgan fingerprint density at radius 3 is 2.71 bits per heavy atom. The molecule has 0 atom stereocenters. The first kappa shape index (κ1) is 15.0. The van der Waals surface area contributed by atoms with Crippen LogP contribution in [0.25, 0.3) is 11.0 Å². The number of fused-ring (bicyclic) bond motifs is 1. The van der Waals surface area contributed by atoms with E-state index in [4.69, 9.17) is 5.11 Å². The van der Waals surface area contributed by atoms with Crippen molar-refractivity contribution in [2.24, 2.45) is 7.05 Å². The number of amides is 1. The first-order valence-corrected chi connectivity index (χ1v) is 6.50. The number of carbonyl (C=O) groups excluding carboxylic acids is 1. The van der Waals surface area contributed by atoms with Gasteiger partial charge in [0.2, 0.25) is 0 Å². The molecule has 0 saturated carbocycles. The van der Waals surface area contributed by atoms with Crippen molar-refractivity contribution in [1.29, 1.82) is 0 Å². The zero-order valence-electron chi connectivity index (χ0n) is 10.8. The largest absolute Gasteiger partial charge is 0.506 e. The quantitative estimate of drug-likeness (QED) is 0.677. The van der Waals surface area contributed by atoms with E-state index in [1.54, 1.807) is 6.07 Å². The van der Waals surface area contributed by atoms with Crippen LogP contribution < -0.4 is 10.9 Å². The first-order valence-electron chi connectivity index (χ1n) is 5.71. The second kappa shape index (κ2) is 5.52. The van der Waals surface area contributed by atoms with Gasteiger partial charge in [-0.3, -0.25) is 19.0 Å². The highest BCUT2D eigenvalue weighted by Crippen LogP contribution is 2.26. The summed E-state index contributed by atoms with van der Waals surface area (Å²) in [6, 6.07) is 3.04. The molecule has 3 N–H and O–H groups in total. The molecule has 0 fully saturated rings. The molecule has 0 aliphatic rings. The number of nitrogens with zero attached hydrogens (tertiary/aromatic N) is 2. The maximum absolute atomic E-state index is 12.1. The number of carboxylic acids is 1. The van der Waals surface area contributed by atoms with Gasteiger partial charge in [0.15, 0.2) is 0 Å². The third-order valence-corrected chi connectivity index (χ3v) is 3.24. The van der Waals surface area contributed by atoms with Crippen LogP contribution in [0.3, 0.4) is 0 Å². The number of nitrogens with one attached hydrogen (secondary N) is 1. The fourth-order valence-electron chi connectivity index (χ4n) is 1.81. The minimum Gasteiger partial charge on any atom is -0.506 e. The predicted octanol–water partition coefficient (Wildman–Crippen LogP) is 0.216. The fourth-order valence-corrected chi connectivity index (χ4v) is 2.11. The number of aromatic nitrogens is 2. The molecule has 9 heteroatoms. The molecule has 1 amide bonds. The van der Waals surface area contributed by atoms with E-state index in [1.807, 2.05) is 5.32 Å². The highest BCUT2D eigenvalue weighted by Gasteiger charge is 2.22. The van der Waals surface area contributed by atoms with Crippen LogP contribution in [0.5, 0.6) is 5.75 Å². The van der Waals surface area contributed by atoms with Gasteiger partial charge in [0.1, 0.15) is 28.1 Å². The van der Waals surface area contributed by atoms with Gasteiger partial charge in [-0.25, -0.2) is 4.98 Å². The third kappa shape index (κ3) is 2.72. The molecule has 2 rings (SSSR count). The van der Waals surface area contributed by atoms with Crippen LogP contribution in [0.15, 0.2) is 21.5 Å². The van der Waals surface area contributed by atoms with E-state index in [1.165, 1.54) is 13.1 Å². The summed E-state index contributed by atoms with van der Waals surface area (Å²) < 4.78 is 1.57. The molecule has 2 aromatic rings. The van der Waals surface area contributed by atoms with E-state index < -0.39 is 35.3 Å². The lowest BCUT2D eigenvalue weighted by Crippen LogP contribution is -2.35. The Morgan fingerprint density at radius 2 is 2.10 bits per heavy atom. The predicted molar refractivity (Wildman–Crippen MR) is 76.3 cm³/mol. The summed E-state index contributed by atoms with van der Waals surface area (Å²) in [5.41, 5.74) is -1.09. The van der Waals surface area contributed by atoms with Crippen LogP contribution in [0.2, 0.25) is 0 Å². The number of carboxylic acid groups (broad SMARTS) is 1. The highest BCUT2D eigenvalue weighted by atomic mass is 79.9. The lowest BCUT2D eigenvalue weighted by molar-refractivity contribution is -0.135. The van der Waals surface area contributed by atoms with Crippen molar-refractivity contribution in [1.82, 2.24) is 14.9 Å². The lowest BCUT2D eigenvalue weighted by Gasteiger charge is -2.10. The number of carbonyl (C=O) groups is 2.